The second-order valence-corrected chi connectivity index (χ2v) is 5.39. The summed E-state index contributed by atoms with van der Waals surface area (Å²) in [5, 5.41) is 22.1. The lowest BCUT2D eigenvalue weighted by Gasteiger charge is -2.21. The van der Waals surface area contributed by atoms with Crippen LogP contribution in [-0.4, -0.2) is 51.8 Å². The van der Waals surface area contributed by atoms with Gasteiger partial charge in [0, 0.05) is 37.2 Å². The Labute approximate surface area is 137 Å². The van der Waals surface area contributed by atoms with Gasteiger partial charge in [-0.05, 0) is 25.0 Å². The summed E-state index contributed by atoms with van der Waals surface area (Å²) in [6.07, 6.45) is 1.09. The molecule has 0 aromatic heterocycles. The molecule has 9 heteroatoms. The van der Waals surface area contributed by atoms with Crippen LogP contribution < -0.4 is 5.32 Å². The molecule has 1 atom stereocenters. The molecule has 9 nitrogen and oxygen atoms in total. The highest BCUT2D eigenvalue weighted by Gasteiger charge is 2.33. The molecule has 0 bridgehead atoms. The number of hydrogen-bond donors (Lipinski definition) is 2. The van der Waals surface area contributed by atoms with Gasteiger partial charge in [0.25, 0.3) is 11.6 Å². The quantitative estimate of drug-likeness (QED) is 0.584. The Hall–Kier alpha value is -2.97. The lowest BCUT2D eigenvalue weighted by atomic mass is 10.2. The van der Waals surface area contributed by atoms with Gasteiger partial charge in [0.05, 0.1) is 4.92 Å². The standard InChI is InChI=1S/C15H17N3O6/c19-13(17-9-1-2-12(17)15(21)22)7-8-16-14(20)10-3-5-11(6-4-10)18(23)24/h3-6,12H,1-2,7-9H2,(H,16,20)(H,21,22)/t12-/m0/s1. The number of aliphatic carboxylic acids is 1. The third-order valence-corrected chi connectivity index (χ3v) is 3.82. The molecule has 2 rings (SSSR count). The number of benzene rings is 1. The number of nitro benzene ring substituents is 1. The van der Waals surface area contributed by atoms with Gasteiger partial charge in [-0.2, -0.15) is 0 Å². The minimum absolute atomic E-state index is 0.00248. The van der Waals surface area contributed by atoms with E-state index in [1.807, 2.05) is 0 Å². The van der Waals surface area contributed by atoms with E-state index in [0.29, 0.717) is 19.4 Å². The van der Waals surface area contributed by atoms with Gasteiger partial charge in [0.1, 0.15) is 6.04 Å². The Kier molecular flexibility index (Phi) is 5.46. The summed E-state index contributed by atoms with van der Waals surface area (Å²) in [4.78, 5) is 46.3. The molecule has 0 spiro atoms. The van der Waals surface area contributed by atoms with Crippen LogP contribution in [0.15, 0.2) is 24.3 Å². The van der Waals surface area contributed by atoms with E-state index in [1.165, 1.54) is 29.2 Å². The van der Waals surface area contributed by atoms with Gasteiger partial charge < -0.3 is 15.3 Å². The third-order valence-electron chi connectivity index (χ3n) is 3.82. The minimum Gasteiger partial charge on any atom is -0.480 e. The van der Waals surface area contributed by atoms with Crippen molar-refractivity contribution in [1.29, 1.82) is 0 Å². The largest absolute Gasteiger partial charge is 0.480 e. The highest BCUT2D eigenvalue weighted by molar-refractivity contribution is 5.94. The Morgan fingerprint density at radius 3 is 2.54 bits per heavy atom. The minimum atomic E-state index is -1.02. The summed E-state index contributed by atoms with van der Waals surface area (Å²) in [6.45, 7) is 0.476. The lowest BCUT2D eigenvalue weighted by molar-refractivity contribution is -0.384. The van der Waals surface area contributed by atoms with Crippen molar-refractivity contribution >= 4 is 23.5 Å². The number of carboxylic acid groups (broad SMARTS) is 1. The van der Waals surface area contributed by atoms with E-state index >= 15 is 0 Å². The van der Waals surface area contributed by atoms with Crippen LogP contribution in [0.25, 0.3) is 0 Å². The topological polar surface area (TPSA) is 130 Å². The molecule has 1 heterocycles. The Bertz CT molecular complexity index is 658. The maximum atomic E-state index is 12.0. The zero-order valence-electron chi connectivity index (χ0n) is 12.8. The van der Waals surface area contributed by atoms with E-state index < -0.39 is 22.8 Å². The Balaban J connectivity index is 1.83. The van der Waals surface area contributed by atoms with Crippen molar-refractivity contribution in [2.75, 3.05) is 13.1 Å². The molecule has 128 valence electrons. The Morgan fingerprint density at radius 1 is 1.29 bits per heavy atom. The molecule has 0 unspecified atom stereocenters. The number of hydrogen-bond acceptors (Lipinski definition) is 5. The van der Waals surface area contributed by atoms with E-state index in [4.69, 9.17) is 5.11 Å². The summed E-state index contributed by atoms with van der Waals surface area (Å²) in [5.41, 5.74) is 0.133. The Morgan fingerprint density at radius 2 is 1.96 bits per heavy atom. The van der Waals surface area contributed by atoms with Crippen LogP contribution in [0.3, 0.4) is 0 Å². The van der Waals surface area contributed by atoms with Crippen LogP contribution in [0.5, 0.6) is 0 Å². The predicted molar refractivity (Wildman–Crippen MR) is 82.4 cm³/mol. The van der Waals surface area contributed by atoms with Crippen molar-refractivity contribution in [3.05, 3.63) is 39.9 Å². The zero-order chi connectivity index (χ0) is 17.7. The predicted octanol–water partition coefficient (Wildman–Crippen LogP) is 0.790. The number of nitrogens with zero attached hydrogens (tertiary/aromatic N) is 2. The van der Waals surface area contributed by atoms with E-state index in [2.05, 4.69) is 5.32 Å². The molecule has 1 aliphatic rings. The molecule has 1 fully saturated rings. The number of rotatable bonds is 6. The summed E-state index contributed by atoms with van der Waals surface area (Å²) in [7, 11) is 0. The number of likely N-dealkylation sites (tertiary alicyclic amines) is 1. The molecule has 1 saturated heterocycles. The van der Waals surface area contributed by atoms with Gasteiger partial charge in [0.15, 0.2) is 0 Å². The SMILES string of the molecule is O=C(NCCC(=O)N1CCC[C@H]1C(=O)O)c1ccc([N+](=O)[O-])cc1. The number of non-ortho nitro benzene ring substituents is 1. The summed E-state index contributed by atoms with van der Waals surface area (Å²) in [5.74, 6) is -1.78. The molecular weight excluding hydrogens is 318 g/mol. The number of nitrogens with one attached hydrogen (secondary N) is 1. The summed E-state index contributed by atoms with van der Waals surface area (Å²) < 4.78 is 0. The maximum absolute atomic E-state index is 12.0. The molecular formula is C15H17N3O6. The highest BCUT2D eigenvalue weighted by atomic mass is 16.6. The average molecular weight is 335 g/mol. The first-order valence-corrected chi connectivity index (χ1v) is 7.45. The van der Waals surface area contributed by atoms with E-state index in [-0.39, 0.29) is 30.1 Å². The second-order valence-electron chi connectivity index (χ2n) is 5.39. The molecule has 0 saturated carbocycles. The van der Waals surface area contributed by atoms with Crippen molar-refractivity contribution in [2.45, 2.75) is 25.3 Å². The van der Waals surface area contributed by atoms with Crippen LogP contribution in [-0.2, 0) is 9.59 Å². The summed E-state index contributed by atoms with van der Waals surface area (Å²) >= 11 is 0. The molecule has 24 heavy (non-hydrogen) atoms. The molecule has 0 aliphatic carbocycles. The smallest absolute Gasteiger partial charge is 0.326 e. The fourth-order valence-corrected chi connectivity index (χ4v) is 2.59. The van der Waals surface area contributed by atoms with Gasteiger partial charge in [-0.15, -0.1) is 0 Å². The van der Waals surface area contributed by atoms with E-state index in [1.54, 1.807) is 0 Å². The molecule has 1 aliphatic heterocycles. The highest BCUT2D eigenvalue weighted by Crippen LogP contribution is 2.18. The van der Waals surface area contributed by atoms with Crippen molar-refractivity contribution in [3.63, 3.8) is 0 Å². The maximum Gasteiger partial charge on any atom is 0.326 e. The summed E-state index contributed by atoms with van der Waals surface area (Å²) in [6, 6.07) is 4.32. The van der Waals surface area contributed by atoms with E-state index in [0.717, 1.165) is 0 Å². The molecule has 2 amide bonds. The third kappa shape index (κ3) is 4.06. The van der Waals surface area contributed by atoms with Gasteiger partial charge in [-0.1, -0.05) is 0 Å². The molecule has 1 aromatic rings. The number of amides is 2. The number of carbonyl (C=O) groups excluding carboxylic acids is 2. The van der Waals surface area contributed by atoms with Crippen LogP contribution in [0.2, 0.25) is 0 Å². The first kappa shape index (κ1) is 17.4. The fraction of sp³-hybridized carbons (Fsp3) is 0.400. The van der Waals surface area contributed by atoms with Gasteiger partial charge in [-0.3, -0.25) is 19.7 Å². The van der Waals surface area contributed by atoms with Gasteiger partial charge in [0.2, 0.25) is 5.91 Å². The second kappa shape index (κ2) is 7.53. The first-order valence-electron chi connectivity index (χ1n) is 7.45. The monoisotopic (exact) mass is 335 g/mol. The van der Waals surface area contributed by atoms with Crippen molar-refractivity contribution < 1.29 is 24.4 Å². The number of carboxylic acids is 1. The van der Waals surface area contributed by atoms with Crippen LogP contribution in [0, 0.1) is 10.1 Å². The average Bonchev–Trinajstić information content (AvgIpc) is 3.04. The van der Waals surface area contributed by atoms with Crippen molar-refractivity contribution in [3.8, 4) is 0 Å². The van der Waals surface area contributed by atoms with E-state index in [9.17, 15) is 24.5 Å². The fourth-order valence-electron chi connectivity index (χ4n) is 2.59. The van der Waals surface area contributed by atoms with Crippen molar-refractivity contribution in [2.24, 2.45) is 0 Å². The molecule has 2 N–H and O–H groups in total. The molecule has 0 radical (unpaired) electrons. The lowest BCUT2D eigenvalue weighted by Crippen LogP contribution is -2.41. The number of nitro groups is 1. The number of carbonyl (C=O) groups is 3. The van der Waals surface area contributed by atoms with Crippen molar-refractivity contribution in [1.82, 2.24) is 10.2 Å². The molecule has 1 aromatic carbocycles. The van der Waals surface area contributed by atoms with Crippen LogP contribution >= 0.6 is 0 Å². The first-order chi connectivity index (χ1) is 11.4. The van der Waals surface area contributed by atoms with Crippen LogP contribution in [0.1, 0.15) is 29.6 Å². The normalized spacial score (nSPS) is 16.7. The van der Waals surface area contributed by atoms with Gasteiger partial charge >= 0.3 is 5.97 Å². The zero-order valence-corrected chi connectivity index (χ0v) is 12.8. The van der Waals surface area contributed by atoms with Gasteiger partial charge in [-0.25, -0.2) is 4.79 Å². The van der Waals surface area contributed by atoms with Crippen LogP contribution in [0.4, 0.5) is 5.69 Å².